The van der Waals surface area contributed by atoms with E-state index in [1.165, 1.54) is 38.5 Å². The van der Waals surface area contributed by atoms with Gasteiger partial charge in [0.05, 0.1) is 17.8 Å². The molecule has 0 saturated carbocycles. The van der Waals surface area contributed by atoms with E-state index in [-0.39, 0.29) is 12.0 Å². The van der Waals surface area contributed by atoms with Gasteiger partial charge in [-0.3, -0.25) is 0 Å². The van der Waals surface area contributed by atoms with Crippen LogP contribution in [-0.2, 0) is 4.74 Å². The summed E-state index contributed by atoms with van der Waals surface area (Å²) >= 11 is 0. The quantitative estimate of drug-likeness (QED) is 0.110. The number of nitrogens with zero attached hydrogens (tertiary/aromatic N) is 1. The maximum atomic E-state index is 11.0. The molecule has 0 aliphatic heterocycles. The second-order valence-electron chi connectivity index (χ2n) is 10.1. The molecule has 0 spiro atoms. The topological polar surface area (TPSA) is 32.5 Å². The fourth-order valence-electron chi connectivity index (χ4n) is 4.55. The zero-order chi connectivity index (χ0) is 22.5. The number of allylic oxidation sites excluding steroid dienone is 3. The Morgan fingerprint density at radius 1 is 1.17 bits per heavy atom. The number of unbranched alkanes of at least 4 members (excludes halogenated alkanes) is 3. The van der Waals surface area contributed by atoms with Gasteiger partial charge < -0.3 is 9.84 Å². The molecule has 0 bridgehead atoms. The third-order valence-electron chi connectivity index (χ3n) is 6.19. The Bertz CT molecular complexity index is 559. The van der Waals surface area contributed by atoms with Crippen LogP contribution >= 0.6 is 0 Å². The van der Waals surface area contributed by atoms with E-state index in [0.29, 0.717) is 17.7 Å². The van der Waals surface area contributed by atoms with Crippen LogP contribution in [0.25, 0.3) is 0 Å². The van der Waals surface area contributed by atoms with E-state index in [1.807, 2.05) is 0 Å². The van der Waals surface area contributed by atoms with Crippen molar-refractivity contribution in [3.8, 4) is 0 Å². The van der Waals surface area contributed by atoms with Gasteiger partial charge >= 0.3 is 5.90 Å². The Morgan fingerprint density at radius 2 is 1.83 bits per heavy atom. The molecule has 1 N–H and O–H groups in total. The molecule has 0 saturated heterocycles. The predicted molar refractivity (Wildman–Crippen MR) is 130 cm³/mol. The highest BCUT2D eigenvalue weighted by atomic mass is 16.5. The summed E-state index contributed by atoms with van der Waals surface area (Å²) in [7, 11) is 2.06. The molecule has 1 aliphatic carbocycles. The highest BCUT2D eigenvalue weighted by Gasteiger charge is 2.29. The molecule has 30 heavy (non-hydrogen) atoms. The van der Waals surface area contributed by atoms with Crippen LogP contribution in [0.5, 0.6) is 0 Å². The summed E-state index contributed by atoms with van der Waals surface area (Å²) in [5.41, 5.74) is 0. The number of ether oxygens (including phenoxy) is 1. The lowest BCUT2D eigenvalue weighted by atomic mass is 9.93. The molecule has 0 aromatic rings. The maximum absolute atomic E-state index is 11.0. The third kappa shape index (κ3) is 10.7. The molecule has 0 fully saturated rings. The van der Waals surface area contributed by atoms with Crippen molar-refractivity contribution in [3.63, 3.8) is 0 Å². The van der Waals surface area contributed by atoms with Crippen LogP contribution in [0.3, 0.4) is 0 Å². The number of aliphatic hydroxyl groups is 1. The van der Waals surface area contributed by atoms with Gasteiger partial charge in [0.15, 0.2) is 6.54 Å². The standard InChI is InChI=1S/C27H49NO2/c1-8-14-24(16-12-10-9-11-15-21(2)3)20-28(7)27(29)25-17-13-18-26(23(6)19-25)30-22(4)5/h8,14,18,21-25H,9-13,15-17,19-20H2,1-7H3/p+1. The summed E-state index contributed by atoms with van der Waals surface area (Å²) in [4.78, 5) is 0. The first kappa shape index (κ1) is 26.8. The van der Waals surface area contributed by atoms with Crippen LogP contribution in [0.4, 0.5) is 0 Å². The van der Waals surface area contributed by atoms with Crippen molar-refractivity contribution in [1.29, 1.82) is 0 Å². The zero-order valence-electron chi connectivity index (χ0n) is 21.0. The van der Waals surface area contributed by atoms with Crippen molar-refractivity contribution in [1.82, 2.24) is 0 Å². The minimum atomic E-state index is 0.211. The molecule has 174 valence electrons. The molecule has 0 aromatic heterocycles. The van der Waals surface area contributed by atoms with Crippen LogP contribution in [0, 0.1) is 23.7 Å². The van der Waals surface area contributed by atoms with E-state index in [2.05, 4.69) is 71.4 Å². The molecule has 3 nitrogen and oxygen atoms in total. The molecular weight excluding hydrogens is 370 g/mol. The van der Waals surface area contributed by atoms with E-state index in [9.17, 15) is 5.11 Å². The van der Waals surface area contributed by atoms with Crippen molar-refractivity contribution in [3.05, 3.63) is 24.0 Å². The van der Waals surface area contributed by atoms with Gasteiger partial charge in [0.2, 0.25) is 0 Å². The summed E-state index contributed by atoms with van der Waals surface area (Å²) in [6, 6.07) is 0. The van der Waals surface area contributed by atoms with E-state index >= 15 is 0 Å². The largest absolute Gasteiger partial charge is 0.495 e. The Morgan fingerprint density at radius 3 is 2.43 bits per heavy atom. The van der Waals surface area contributed by atoms with Crippen molar-refractivity contribution < 1.29 is 14.4 Å². The molecule has 0 heterocycles. The van der Waals surface area contributed by atoms with Gasteiger partial charge in [0, 0.05) is 11.8 Å². The minimum Gasteiger partial charge on any atom is -0.495 e. The minimum absolute atomic E-state index is 0.211. The highest BCUT2D eigenvalue weighted by Crippen LogP contribution is 2.30. The maximum Gasteiger partial charge on any atom is 0.336 e. The van der Waals surface area contributed by atoms with Crippen LogP contribution in [0.15, 0.2) is 24.0 Å². The molecule has 1 aliphatic rings. The SMILES string of the molecule is CC=CC(CCCCCCC(C)C)C[N+](C)=C(O)C1CCC=C(OC(C)C)C(C)C1. The molecule has 3 atom stereocenters. The first-order chi connectivity index (χ1) is 14.2. The molecule has 3 heteroatoms. The van der Waals surface area contributed by atoms with Crippen molar-refractivity contribution in [2.75, 3.05) is 13.6 Å². The number of aliphatic hydroxyl groups excluding tert-OH is 1. The van der Waals surface area contributed by atoms with Crippen molar-refractivity contribution >= 4 is 5.90 Å². The fraction of sp³-hybridized carbons (Fsp3) is 0.815. The summed E-state index contributed by atoms with van der Waals surface area (Å²) in [6.07, 6.45) is 17.7. The summed E-state index contributed by atoms with van der Waals surface area (Å²) in [5.74, 6) is 3.57. The predicted octanol–water partition coefficient (Wildman–Crippen LogP) is 7.52. The summed E-state index contributed by atoms with van der Waals surface area (Å²) in [5, 5.41) is 11.0. The first-order valence-corrected chi connectivity index (χ1v) is 12.5. The molecule has 0 radical (unpaired) electrons. The molecule has 0 amide bonds. The van der Waals surface area contributed by atoms with Gasteiger partial charge in [0.25, 0.3) is 0 Å². The third-order valence-corrected chi connectivity index (χ3v) is 6.19. The van der Waals surface area contributed by atoms with Crippen LogP contribution < -0.4 is 0 Å². The van der Waals surface area contributed by atoms with Crippen LogP contribution in [0.2, 0.25) is 0 Å². The lowest BCUT2D eigenvalue weighted by molar-refractivity contribution is -0.514. The number of hydrogen-bond acceptors (Lipinski definition) is 1. The van der Waals surface area contributed by atoms with Crippen LogP contribution in [0.1, 0.15) is 99.3 Å². The molecular formula is C27H50NO2+. The van der Waals surface area contributed by atoms with Gasteiger partial charge in [-0.1, -0.05) is 65.0 Å². The normalized spacial score (nSPS) is 22.2. The van der Waals surface area contributed by atoms with E-state index in [0.717, 1.165) is 37.5 Å². The van der Waals surface area contributed by atoms with Gasteiger partial charge in [-0.15, -0.1) is 0 Å². The second-order valence-corrected chi connectivity index (χ2v) is 10.1. The van der Waals surface area contributed by atoms with E-state index < -0.39 is 0 Å². The van der Waals surface area contributed by atoms with E-state index in [1.54, 1.807) is 0 Å². The first-order valence-electron chi connectivity index (χ1n) is 12.5. The lowest BCUT2D eigenvalue weighted by Gasteiger charge is -2.20. The summed E-state index contributed by atoms with van der Waals surface area (Å²) < 4.78 is 8.11. The van der Waals surface area contributed by atoms with Gasteiger partial charge in [-0.25, -0.2) is 4.58 Å². The highest BCUT2D eigenvalue weighted by molar-refractivity contribution is 5.71. The van der Waals surface area contributed by atoms with Gasteiger partial charge in [0.1, 0.15) is 7.05 Å². The molecule has 1 rings (SSSR count). The fourth-order valence-corrected chi connectivity index (χ4v) is 4.55. The van der Waals surface area contributed by atoms with E-state index in [4.69, 9.17) is 4.74 Å². The Balaban J connectivity index is 2.59. The Labute approximate surface area is 187 Å². The Kier molecular flexibility index (Phi) is 13.1. The number of hydrogen-bond donors (Lipinski definition) is 1. The van der Waals surface area contributed by atoms with Crippen molar-refractivity contribution in [2.45, 2.75) is 105 Å². The lowest BCUT2D eigenvalue weighted by Crippen LogP contribution is -2.29. The Hall–Kier alpha value is -1.25. The number of rotatable bonds is 13. The monoisotopic (exact) mass is 420 g/mol. The second kappa shape index (κ2) is 14.7. The van der Waals surface area contributed by atoms with Crippen molar-refractivity contribution in [2.24, 2.45) is 23.7 Å². The average Bonchev–Trinajstić information content (AvgIpc) is 2.85. The molecule has 3 unspecified atom stereocenters. The molecule has 0 aromatic carbocycles. The smallest absolute Gasteiger partial charge is 0.336 e. The van der Waals surface area contributed by atoms with Crippen LogP contribution in [-0.4, -0.2) is 35.3 Å². The summed E-state index contributed by atoms with van der Waals surface area (Å²) in [6.45, 7) is 14.0. The zero-order valence-corrected chi connectivity index (χ0v) is 21.0. The average molecular weight is 421 g/mol. The van der Waals surface area contributed by atoms with Gasteiger partial charge in [-0.2, -0.15) is 0 Å². The van der Waals surface area contributed by atoms with Gasteiger partial charge in [-0.05, 0) is 58.4 Å².